The van der Waals surface area contributed by atoms with E-state index >= 15 is 0 Å². The zero-order chi connectivity index (χ0) is 12.5. The van der Waals surface area contributed by atoms with Crippen molar-refractivity contribution in [3.05, 3.63) is 0 Å². The van der Waals surface area contributed by atoms with Gasteiger partial charge in [-0.1, -0.05) is 6.92 Å². The van der Waals surface area contributed by atoms with Gasteiger partial charge in [0, 0.05) is 12.6 Å². The number of hydrogen-bond acceptors (Lipinski definition) is 4. The highest BCUT2D eigenvalue weighted by atomic mass is 15.4. The highest BCUT2D eigenvalue weighted by molar-refractivity contribution is 5.81. The molecule has 4 heteroatoms. The molecule has 0 bridgehead atoms. The summed E-state index contributed by atoms with van der Waals surface area (Å²) in [6, 6.07) is 0.453. The smallest absolute Gasteiger partial charge is 0.192 e. The molecule has 2 heterocycles. The predicted molar refractivity (Wildman–Crippen MR) is 72.2 cm³/mol. The number of hydrogen-bond donors (Lipinski definition) is 1. The quantitative estimate of drug-likeness (QED) is 0.788. The molecule has 0 aromatic carbocycles. The van der Waals surface area contributed by atoms with E-state index in [1.54, 1.807) is 0 Å². The van der Waals surface area contributed by atoms with Gasteiger partial charge in [-0.2, -0.15) is 0 Å². The summed E-state index contributed by atoms with van der Waals surface area (Å²) < 4.78 is 0. The number of aliphatic imine (C=N–C) groups is 1. The van der Waals surface area contributed by atoms with E-state index in [0.717, 1.165) is 19.0 Å². The molecule has 0 aromatic heterocycles. The van der Waals surface area contributed by atoms with Crippen LogP contribution in [0, 0.1) is 0 Å². The van der Waals surface area contributed by atoms with Crippen LogP contribution in [0.25, 0.3) is 0 Å². The van der Waals surface area contributed by atoms with Crippen molar-refractivity contribution in [2.75, 3.05) is 26.2 Å². The van der Waals surface area contributed by atoms with E-state index in [4.69, 9.17) is 5.73 Å². The molecule has 2 aliphatic heterocycles. The minimum Gasteiger partial charge on any atom is -0.370 e. The molecule has 1 saturated heterocycles. The maximum Gasteiger partial charge on any atom is 0.192 e. The molecule has 2 N–H and O–H groups in total. The molecule has 2 rings (SSSR count). The summed E-state index contributed by atoms with van der Waals surface area (Å²) in [4.78, 5) is 9.42. The Bertz CT molecular complexity index is 300. The highest BCUT2D eigenvalue weighted by Gasteiger charge is 2.43. The number of guanidine groups is 1. The molecule has 4 nitrogen and oxygen atoms in total. The number of nitrogens with two attached hydrogens (primary N) is 1. The van der Waals surface area contributed by atoms with Crippen molar-refractivity contribution < 1.29 is 0 Å². The molecule has 17 heavy (non-hydrogen) atoms. The van der Waals surface area contributed by atoms with Crippen LogP contribution < -0.4 is 5.73 Å². The van der Waals surface area contributed by atoms with E-state index < -0.39 is 0 Å². The fourth-order valence-electron chi connectivity index (χ4n) is 3.39. The SMILES string of the molecule is CCN1CCCC2(CC1)CN=C(N)N2C(C)C. The third kappa shape index (κ3) is 2.28. The molecule has 1 fully saturated rings. The molecule has 0 amide bonds. The van der Waals surface area contributed by atoms with Crippen LogP contribution in [-0.4, -0.2) is 53.5 Å². The summed E-state index contributed by atoms with van der Waals surface area (Å²) in [6.07, 6.45) is 3.69. The van der Waals surface area contributed by atoms with Crippen molar-refractivity contribution in [3.63, 3.8) is 0 Å². The number of likely N-dealkylation sites (tertiary alicyclic amines) is 1. The second-order valence-corrected chi connectivity index (χ2v) is 5.65. The zero-order valence-electron chi connectivity index (χ0n) is 11.4. The van der Waals surface area contributed by atoms with Crippen molar-refractivity contribution in [1.82, 2.24) is 9.80 Å². The standard InChI is InChI=1S/C13H26N4/c1-4-16-8-5-6-13(7-9-16)10-15-12(14)17(13)11(2)3/h11H,4-10H2,1-3H3,(H2,14,15). The molecule has 0 aromatic rings. The zero-order valence-corrected chi connectivity index (χ0v) is 11.4. The van der Waals surface area contributed by atoms with Crippen molar-refractivity contribution >= 4 is 5.96 Å². The van der Waals surface area contributed by atoms with Gasteiger partial charge in [0.05, 0.1) is 12.1 Å². The van der Waals surface area contributed by atoms with E-state index in [-0.39, 0.29) is 5.54 Å². The van der Waals surface area contributed by atoms with Crippen LogP contribution in [0.2, 0.25) is 0 Å². The van der Waals surface area contributed by atoms with Crippen LogP contribution in [0.5, 0.6) is 0 Å². The lowest BCUT2D eigenvalue weighted by molar-refractivity contribution is 0.142. The Morgan fingerprint density at radius 2 is 2.12 bits per heavy atom. The Hall–Kier alpha value is -0.770. The van der Waals surface area contributed by atoms with Gasteiger partial charge < -0.3 is 15.5 Å². The van der Waals surface area contributed by atoms with Gasteiger partial charge in [0.25, 0.3) is 0 Å². The van der Waals surface area contributed by atoms with Gasteiger partial charge >= 0.3 is 0 Å². The summed E-state index contributed by atoms with van der Waals surface area (Å²) in [5, 5.41) is 0. The molecular formula is C13H26N4. The summed E-state index contributed by atoms with van der Waals surface area (Å²) in [6.45, 7) is 11.2. The van der Waals surface area contributed by atoms with E-state index in [2.05, 4.69) is 35.6 Å². The van der Waals surface area contributed by atoms with Crippen molar-refractivity contribution in [3.8, 4) is 0 Å². The normalized spacial score (nSPS) is 31.1. The Morgan fingerprint density at radius 3 is 2.76 bits per heavy atom. The molecule has 0 radical (unpaired) electrons. The largest absolute Gasteiger partial charge is 0.370 e. The fraction of sp³-hybridized carbons (Fsp3) is 0.923. The molecule has 0 aliphatic carbocycles. The van der Waals surface area contributed by atoms with E-state index in [0.29, 0.717) is 6.04 Å². The first-order chi connectivity index (χ1) is 8.09. The summed E-state index contributed by atoms with van der Waals surface area (Å²) in [7, 11) is 0. The number of nitrogens with zero attached hydrogens (tertiary/aromatic N) is 3. The lowest BCUT2D eigenvalue weighted by Crippen LogP contribution is -2.55. The van der Waals surface area contributed by atoms with Crippen LogP contribution in [-0.2, 0) is 0 Å². The summed E-state index contributed by atoms with van der Waals surface area (Å²) in [5.41, 5.74) is 6.28. The first kappa shape index (κ1) is 12.7. The Balaban J connectivity index is 2.13. The summed E-state index contributed by atoms with van der Waals surface area (Å²) in [5.74, 6) is 0.755. The monoisotopic (exact) mass is 238 g/mol. The van der Waals surface area contributed by atoms with Gasteiger partial charge in [-0.05, 0) is 46.2 Å². The minimum atomic E-state index is 0.210. The van der Waals surface area contributed by atoms with Crippen molar-refractivity contribution in [1.29, 1.82) is 0 Å². The van der Waals surface area contributed by atoms with E-state index in [9.17, 15) is 0 Å². The third-order valence-electron chi connectivity index (χ3n) is 4.27. The van der Waals surface area contributed by atoms with Gasteiger partial charge in [-0.15, -0.1) is 0 Å². The van der Waals surface area contributed by atoms with Crippen LogP contribution in [0.3, 0.4) is 0 Å². The van der Waals surface area contributed by atoms with E-state index in [1.807, 2.05) is 0 Å². The molecule has 1 unspecified atom stereocenters. The average Bonchev–Trinajstić information content (AvgIpc) is 2.48. The molecule has 1 spiro atoms. The van der Waals surface area contributed by atoms with Gasteiger partial charge in [0.1, 0.15) is 0 Å². The number of rotatable bonds is 2. The lowest BCUT2D eigenvalue weighted by atomic mass is 9.88. The topological polar surface area (TPSA) is 44.9 Å². The van der Waals surface area contributed by atoms with Crippen molar-refractivity contribution in [2.45, 2.75) is 51.6 Å². The Morgan fingerprint density at radius 1 is 1.35 bits per heavy atom. The molecule has 0 saturated carbocycles. The van der Waals surface area contributed by atoms with Crippen LogP contribution in [0.15, 0.2) is 4.99 Å². The van der Waals surface area contributed by atoms with E-state index in [1.165, 1.54) is 32.4 Å². The second kappa shape index (κ2) is 4.84. The maximum atomic E-state index is 6.07. The molecule has 1 atom stereocenters. The molecule has 2 aliphatic rings. The van der Waals surface area contributed by atoms with Gasteiger partial charge in [0.15, 0.2) is 5.96 Å². The van der Waals surface area contributed by atoms with Gasteiger partial charge in [0.2, 0.25) is 0 Å². The summed E-state index contributed by atoms with van der Waals surface area (Å²) >= 11 is 0. The van der Waals surface area contributed by atoms with Gasteiger partial charge in [-0.3, -0.25) is 4.99 Å². The van der Waals surface area contributed by atoms with Gasteiger partial charge in [-0.25, -0.2) is 0 Å². The van der Waals surface area contributed by atoms with Crippen LogP contribution in [0.4, 0.5) is 0 Å². The average molecular weight is 238 g/mol. The minimum absolute atomic E-state index is 0.210. The second-order valence-electron chi connectivity index (χ2n) is 5.65. The maximum absolute atomic E-state index is 6.07. The fourth-order valence-corrected chi connectivity index (χ4v) is 3.39. The van der Waals surface area contributed by atoms with Crippen LogP contribution in [0.1, 0.15) is 40.0 Å². The van der Waals surface area contributed by atoms with Crippen LogP contribution >= 0.6 is 0 Å². The first-order valence-electron chi connectivity index (χ1n) is 6.91. The molecular weight excluding hydrogens is 212 g/mol. The lowest BCUT2D eigenvalue weighted by Gasteiger charge is -2.41. The highest BCUT2D eigenvalue weighted by Crippen LogP contribution is 2.34. The third-order valence-corrected chi connectivity index (χ3v) is 4.27. The predicted octanol–water partition coefficient (Wildman–Crippen LogP) is 1.27. The Kier molecular flexibility index (Phi) is 3.61. The first-order valence-corrected chi connectivity index (χ1v) is 6.91. The van der Waals surface area contributed by atoms with Crippen molar-refractivity contribution in [2.24, 2.45) is 10.7 Å². The Labute approximate surface area is 105 Å². The molecule has 98 valence electrons.